The molecule has 0 aromatic carbocycles. The van der Waals surface area contributed by atoms with Gasteiger partial charge in [0.15, 0.2) is 0 Å². The summed E-state index contributed by atoms with van der Waals surface area (Å²) in [6, 6.07) is -0.0910. The molecule has 0 aliphatic rings. The van der Waals surface area contributed by atoms with Crippen LogP contribution in [0.5, 0.6) is 0 Å². The van der Waals surface area contributed by atoms with Gasteiger partial charge in [-0.2, -0.15) is 5.10 Å². The van der Waals surface area contributed by atoms with E-state index in [9.17, 15) is 8.42 Å². The molecule has 0 radical (unpaired) electrons. The molecule has 6 nitrogen and oxygen atoms in total. The number of H-pyrrole nitrogens is 1. The highest BCUT2D eigenvalue weighted by molar-refractivity contribution is 7.89. The fourth-order valence-corrected chi connectivity index (χ4v) is 4.19. The van der Waals surface area contributed by atoms with Crippen molar-refractivity contribution >= 4 is 10.0 Å². The van der Waals surface area contributed by atoms with Gasteiger partial charge in [0.05, 0.1) is 11.4 Å². The number of nitrogens with one attached hydrogen (secondary N) is 3. The Bertz CT molecular complexity index is 520. The molecule has 0 saturated heterocycles. The van der Waals surface area contributed by atoms with E-state index in [2.05, 4.69) is 34.1 Å². The molecule has 1 rings (SSSR count). The SMILES string of the molecule is CCC(CC)C(C)NS(=O)(=O)c1c(CNC)n[nH]c1C. The highest BCUT2D eigenvalue weighted by Gasteiger charge is 2.27. The number of aromatic amines is 1. The van der Waals surface area contributed by atoms with Crippen molar-refractivity contribution < 1.29 is 8.42 Å². The van der Waals surface area contributed by atoms with Gasteiger partial charge < -0.3 is 5.32 Å². The average molecular weight is 302 g/mol. The molecule has 0 spiro atoms. The van der Waals surface area contributed by atoms with E-state index in [4.69, 9.17) is 0 Å². The lowest BCUT2D eigenvalue weighted by Gasteiger charge is -2.22. The second kappa shape index (κ2) is 7.19. The van der Waals surface area contributed by atoms with E-state index in [0.717, 1.165) is 12.8 Å². The minimum absolute atomic E-state index is 0.0910. The number of hydrogen-bond donors (Lipinski definition) is 3. The Kier molecular flexibility index (Phi) is 6.16. The fourth-order valence-electron chi connectivity index (χ4n) is 2.51. The van der Waals surface area contributed by atoms with Crippen LogP contribution in [-0.2, 0) is 16.6 Å². The molecular formula is C13H26N4O2S. The van der Waals surface area contributed by atoms with Gasteiger partial charge in [-0.25, -0.2) is 13.1 Å². The molecule has 116 valence electrons. The summed E-state index contributed by atoms with van der Waals surface area (Å²) in [4.78, 5) is 0.268. The van der Waals surface area contributed by atoms with E-state index in [1.807, 2.05) is 6.92 Å². The van der Waals surface area contributed by atoms with E-state index in [0.29, 0.717) is 23.9 Å². The summed E-state index contributed by atoms with van der Waals surface area (Å²) in [6.07, 6.45) is 1.90. The van der Waals surface area contributed by atoms with Crippen molar-refractivity contribution in [3.05, 3.63) is 11.4 Å². The van der Waals surface area contributed by atoms with E-state index in [-0.39, 0.29) is 10.9 Å². The van der Waals surface area contributed by atoms with Crippen LogP contribution >= 0.6 is 0 Å². The van der Waals surface area contributed by atoms with Crippen LogP contribution in [0.3, 0.4) is 0 Å². The molecule has 0 saturated carbocycles. The highest BCUT2D eigenvalue weighted by atomic mass is 32.2. The van der Waals surface area contributed by atoms with E-state index in [1.165, 1.54) is 0 Å². The third-order valence-corrected chi connectivity index (χ3v) is 5.43. The quantitative estimate of drug-likeness (QED) is 0.680. The van der Waals surface area contributed by atoms with Gasteiger partial charge >= 0.3 is 0 Å². The van der Waals surface area contributed by atoms with E-state index >= 15 is 0 Å². The van der Waals surface area contributed by atoms with Gasteiger partial charge in [-0.05, 0) is 26.8 Å². The van der Waals surface area contributed by atoms with Gasteiger partial charge in [-0.3, -0.25) is 5.10 Å². The Morgan fingerprint density at radius 3 is 2.40 bits per heavy atom. The van der Waals surface area contributed by atoms with Crippen LogP contribution in [0.15, 0.2) is 4.90 Å². The van der Waals surface area contributed by atoms with Crippen LogP contribution in [0, 0.1) is 12.8 Å². The first-order chi connectivity index (χ1) is 9.37. The molecule has 0 bridgehead atoms. The van der Waals surface area contributed by atoms with Crippen molar-refractivity contribution in [2.24, 2.45) is 5.92 Å². The molecule has 0 aliphatic heterocycles. The molecule has 0 fully saturated rings. The molecule has 0 aliphatic carbocycles. The number of aryl methyl sites for hydroxylation is 1. The normalized spacial score (nSPS) is 13.9. The first-order valence-corrected chi connectivity index (χ1v) is 8.56. The minimum atomic E-state index is -3.55. The van der Waals surface area contributed by atoms with Gasteiger partial charge in [0, 0.05) is 12.6 Å². The third-order valence-electron chi connectivity index (χ3n) is 3.67. The monoisotopic (exact) mass is 302 g/mol. The highest BCUT2D eigenvalue weighted by Crippen LogP contribution is 2.20. The maximum Gasteiger partial charge on any atom is 0.244 e. The van der Waals surface area contributed by atoms with Crippen LogP contribution in [0.1, 0.15) is 45.0 Å². The van der Waals surface area contributed by atoms with Crippen molar-refractivity contribution in [1.82, 2.24) is 20.2 Å². The Labute approximate surface area is 121 Å². The van der Waals surface area contributed by atoms with Crippen molar-refractivity contribution in [1.29, 1.82) is 0 Å². The molecular weight excluding hydrogens is 276 g/mol. The lowest BCUT2D eigenvalue weighted by Crippen LogP contribution is -2.38. The average Bonchev–Trinajstić information content (AvgIpc) is 2.72. The molecule has 20 heavy (non-hydrogen) atoms. The smallest absolute Gasteiger partial charge is 0.244 e. The Morgan fingerprint density at radius 2 is 1.90 bits per heavy atom. The molecule has 0 amide bonds. The topological polar surface area (TPSA) is 86.9 Å². The molecule has 1 atom stereocenters. The largest absolute Gasteiger partial charge is 0.314 e. The Morgan fingerprint density at radius 1 is 1.30 bits per heavy atom. The first-order valence-electron chi connectivity index (χ1n) is 7.08. The van der Waals surface area contributed by atoms with Crippen LogP contribution in [0.2, 0.25) is 0 Å². The molecule has 3 N–H and O–H groups in total. The molecule has 1 aromatic heterocycles. The van der Waals surface area contributed by atoms with Crippen LogP contribution in [0.25, 0.3) is 0 Å². The Balaban J connectivity index is 3.02. The molecule has 1 unspecified atom stereocenters. The second-order valence-corrected chi connectivity index (χ2v) is 6.79. The number of aromatic nitrogens is 2. The second-order valence-electron chi connectivity index (χ2n) is 5.14. The van der Waals surface area contributed by atoms with Crippen molar-refractivity contribution in [3.63, 3.8) is 0 Å². The van der Waals surface area contributed by atoms with Gasteiger partial charge in [0.1, 0.15) is 4.90 Å². The van der Waals surface area contributed by atoms with Crippen molar-refractivity contribution in [2.45, 2.75) is 58.0 Å². The predicted octanol–water partition coefficient (Wildman–Crippen LogP) is 1.54. The summed E-state index contributed by atoms with van der Waals surface area (Å²) in [7, 11) is -1.78. The summed E-state index contributed by atoms with van der Waals surface area (Å²) in [6.45, 7) is 8.22. The van der Waals surface area contributed by atoms with Gasteiger partial charge in [-0.15, -0.1) is 0 Å². The predicted molar refractivity (Wildman–Crippen MR) is 79.9 cm³/mol. The maximum absolute atomic E-state index is 12.6. The number of rotatable bonds is 8. The van der Waals surface area contributed by atoms with Gasteiger partial charge in [-0.1, -0.05) is 26.7 Å². The zero-order valence-corrected chi connectivity index (χ0v) is 13.8. The van der Waals surface area contributed by atoms with Crippen molar-refractivity contribution in [3.8, 4) is 0 Å². The van der Waals surface area contributed by atoms with Crippen LogP contribution in [0.4, 0.5) is 0 Å². The number of sulfonamides is 1. The van der Waals surface area contributed by atoms with E-state index < -0.39 is 10.0 Å². The minimum Gasteiger partial charge on any atom is -0.314 e. The zero-order chi connectivity index (χ0) is 15.3. The standard InChI is InChI=1S/C13H26N4O2S/c1-6-11(7-2)9(3)17-20(18,19)13-10(4)15-16-12(13)8-14-5/h9,11,14,17H,6-8H2,1-5H3,(H,15,16). The van der Waals surface area contributed by atoms with Crippen LogP contribution in [-0.4, -0.2) is 31.7 Å². The summed E-state index contributed by atoms with van der Waals surface area (Å²) in [5.74, 6) is 0.338. The molecule has 1 heterocycles. The Hall–Kier alpha value is -0.920. The third kappa shape index (κ3) is 3.80. The number of hydrogen-bond acceptors (Lipinski definition) is 4. The first kappa shape index (κ1) is 17.1. The van der Waals surface area contributed by atoms with Gasteiger partial charge in [0.2, 0.25) is 10.0 Å². The summed E-state index contributed by atoms with van der Waals surface area (Å²) < 4.78 is 27.9. The summed E-state index contributed by atoms with van der Waals surface area (Å²) in [5, 5.41) is 9.74. The lowest BCUT2D eigenvalue weighted by atomic mass is 9.96. The summed E-state index contributed by atoms with van der Waals surface area (Å²) in [5.41, 5.74) is 1.09. The lowest BCUT2D eigenvalue weighted by molar-refractivity contribution is 0.390. The molecule has 7 heteroatoms. The molecule has 1 aromatic rings. The van der Waals surface area contributed by atoms with Crippen LogP contribution < -0.4 is 10.0 Å². The summed E-state index contributed by atoms with van der Waals surface area (Å²) >= 11 is 0. The van der Waals surface area contributed by atoms with Crippen molar-refractivity contribution in [2.75, 3.05) is 7.05 Å². The fraction of sp³-hybridized carbons (Fsp3) is 0.769. The number of nitrogens with zero attached hydrogens (tertiary/aromatic N) is 1. The van der Waals surface area contributed by atoms with Gasteiger partial charge in [0.25, 0.3) is 0 Å². The van der Waals surface area contributed by atoms with E-state index in [1.54, 1.807) is 14.0 Å². The maximum atomic E-state index is 12.6. The zero-order valence-electron chi connectivity index (χ0n) is 12.9.